The fraction of sp³-hybridized carbons (Fsp3) is 0.102. The number of anilines is 1. The molecule has 11 aromatic carbocycles. The van der Waals surface area contributed by atoms with Gasteiger partial charge in [0, 0.05) is 6.42 Å². The lowest BCUT2D eigenvalue weighted by Crippen LogP contribution is -2.33. The minimum absolute atomic E-state index is 0.00625. The molecule has 0 saturated carbocycles. The second-order valence-corrected chi connectivity index (χ2v) is 31.5. The Labute approximate surface area is 736 Å². The Morgan fingerprint density at radius 2 is 0.724 bits per heavy atom. The zero-order valence-corrected chi connectivity index (χ0v) is 71.1. The molecule has 1 aliphatic rings. The molecule has 636 valence electrons. The number of imide groups is 1. The summed E-state index contributed by atoms with van der Waals surface area (Å²) in [6.45, 7) is 8.74. The summed E-state index contributed by atoms with van der Waals surface area (Å²) in [6, 6.07) is 59.7. The maximum Gasteiger partial charge on any atom is 0.262 e. The smallest absolute Gasteiger partial charge is 0.262 e. The highest BCUT2D eigenvalue weighted by molar-refractivity contribution is 14.1. The zero-order valence-electron chi connectivity index (χ0n) is 67.3. The van der Waals surface area contributed by atoms with Crippen LogP contribution in [0.4, 0.5) is 40.9 Å². The van der Waals surface area contributed by atoms with Gasteiger partial charge in [-0.05, 0) is 187 Å². The molecule has 0 bridgehead atoms. The van der Waals surface area contributed by atoms with E-state index in [4.69, 9.17) is 33.6 Å². The number of hydrogen-bond acceptors (Lipinski definition) is 17. The number of carbonyl (C=O) groups excluding carboxylic acids is 2. The zero-order chi connectivity index (χ0) is 90.1. The summed E-state index contributed by atoms with van der Waals surface area (Å²) in [6.07, 6.45) is 1.90. The van der Waals surface area contributed by atoms with E-state index < -0.39 is 92.8 Å². The molecule has 4 N–H and O–H groups in total. The largest absolute Gasteiger partial charge is 0.460 e. The van der Waals surface area contributed by atoms with Crippen LogP contribution in [0.1, 0.15) is 107 Å². The third-order valence-corrected chi connectivity index (χ3v) is 22.1. The number of hydrogen-bond donors (Lipinski definition) is 2. The summed E-state index contributed by atoms with van der Waals surface area (Å²) in [5.74, 6) is -4.14. The van der Waals surface area contributed by atoms with Crippen molar-refractivity contribution in [3.63, 3.8) is 0 Å². The molecule has 1 aliphatic heterocycles. The molecule has 127 heavy (non-hydrogen) atoms. The first-order valence-electron chi connectivity index (χ1n) is 39.2. The maximum absolute atomic E-state index is 14.5. The first kappa shape index (κ1) is 87.5. The van der Waals surface area contributed by atoms with Crippen molar-refractivity contribution >= 4 is 122 Å². The summed E-state index contributed by atoms with van der Waals surface area (Å²) >= 11 is 5.47. The van der Waals surface area contributed by atoms with Crippen LogP contribution in [0.5, 0.6) is 0 Å². The van der Waals surface area contributed by atoms with Gasteiger partial charge in [0.2, 0.25) is 27.1 Å². The highest BCUT2D eigenvalue weighted by Crippen LogP contribution is 2.41. The van der Waals surface area contributed by atoms with Crippen LogP contribution in [0.2, 0.25) is 0 Å². The molecule has 0 spiro atoms. The predicted octanol–water partition coefficient (Wildman–Crippen LogP) is 22.7. The number of halogens is 10. The molecule has 8 heterocycles. The lowest BCUT2D eigenvalue weighted by molar-refractivity contribution is 0.0578. The number of aromatic nitrogens is 4. The average Bonchev–Trinajstić information content (AvgIpc) is 1.71. The number of nitrogens with zero attached hydrogens (tertiary/aromatic N) is 5. The molecule has 0 saturated heterocycles. The van der Waals surface area contributed by atoms with Crippen LogP contribution in [0.15, 0.2) is 301 Å². The molecule has 19 nitrogen and oxygen atoms in total. The number of amides is 2. The molecular formula is C98H67BrF8IN7O12. The Morgan fingerprint density at radius 3 is 1.14 bits per heavy atom. The van der Waals surface area contributed by atoms with Crippen LogP contribution in [0, 0.1) is 50.2 Å². The summed E-state index contributed by atoms with van der Waals surface area (Å²) in [5.41, 5.74) is 14.4. The van der Waals surface area contributed by atoms with Gasteiger partial charge in [-0.1, -0.05) is 162 Å². The van der Waals surface area contributed by atoms with Crippen LogP contribution in [-0.4, -0.2) is 36.5 Å². The van der Waals surface area contributed by atoms with Crippen molar-refractivity contribution in [2.45, 2.75) is 64.0 Å². The summed E-state index contributed by atoms with van der Waals surface area (Å²) in [7, 11) is 0. The fourth-order valence-electron chi connectivity index (χ4n) is 15.1. The van der Waals surface area contributed by atoms with Gasteiger partial charge in [-0.15, -0.1) is 0 Å². The van der Waals surface area contributed by atoms with Gasteiger partial charge in [0.1, 0.15) is 152 Å². The van der Waals surface area contributed by atoms with Crippen LogP contribution >= 0.6 is 38.5 Å². The van der Waals surface area contributed by atoms with Gasteiger partial charge in [-0.25, -0.2) is 49.8 Å². The Kier molecular flexibility index (Phi) is 25.3. The number of rotatable bonds is 12. The van der Waals surface area contributed by atoms with Crippen molar-refractivity contribution in [3.05, 3.63) is 396 Å². The monoisotopic (exact) mass is 1890 g/mol. The Morgan fingerprint density at radius 1 is 0.378 bits per heavy atom. The van der Waals surface area contributed by atoms with Gasteiger partial charge in [-0.3, -0.25) is 38.5 Å². The van der Waals surface area contributed by atoms with E-state index in [9.17, 15) is 68.7 Å². The quantitative estimate of drug-likeness (QED) is 0.0497. The van der Waals surface area contributed by atoms with Crippen LogP contribution < -0.4 is 38.6 Å². The number of nitrogen functional groups attached to an aromatic ring is 1. The predicted molar refractivity (Wildman–Crippen MR) is 480 cm³/mol. The van der Waals surface area contributed by atoms with Crippen LogP contribution in [-0.2, 0) is 6.42 Å². The molecule has 0 fully saturated rings. The topological polar surface area (TPSA) is 284 Å². The number of benzene rings is 11. The highest BCUT2D eigenvalue weighted by Gasteiger charge is 2.41. The molecule has 19 rings (SSSR count). The lowest BCUT2D eigenvalue weighted by Gasteiger charge is -2.24. The number of carbonyl (C=O) groups is 2. The van der Waals surface area contributed by atoms with Crippen LogP contribution in [0.3, 0.4) is 0 Å². The molecule has 4 unspecified atom stereocenters. The Hall–Kier alpha value is -14.4. The highest BCUT2D eigenvalue weighted by atomic mass is 127. The number of aryl methyl sites for hydroxylation is 1. The van der Waals surface area contributed by atoms with E-state index in [0.717, 1.165) is 28.2 Å². The second-order valence-electron chi connectivity index (χ2n) is 29.1. The van der Waals surface area contributed by atoms with Crippen molar-refractivity contribution in [1.29, 1.82) is 0 Å². The normalized spacial score (nSPS) is 12.7. The first-order chi connectivity index (χ1) is 61.0. The lowest BCUT2D eigenvalue weighted by atomic mass is 9.98. The molecule has 18 aromatic rings. The van der Waals surface area contributed by atoms with Gasteiger partial charge >= 0.3 is 0 Å². The van der Waals surface area contributed by atoms with Gasteiger partial charge in [0.05, 0.1) is 61.2 Å². The minimum atomic E-state index is -1.01. The van der Waals surface area contributed by atoms with E-state index in [1.807, 2.05) is 97.1 Å². The van der Waals surface area contributed by atoms with Crippen LogP contribution in [0.25, 0.3) is 122 Å². The minimum Gasteiger partial charge on any atom is -0.460 e. The Balaban J connectivity index is 0.000000124. The molecule has 7 aromatic heterocycles. The van der Waals surface area contributed by atoms with E-state index >= 15 is 0 Å². The third kappa shape index (κ3) is 17.0. The van der Waals surface area contributed by atoms with Gasteiger partial charge in [0.15, 0.2) is 5.65 Å². The van der Waals surface area contributed by atoms with E-state index in [2.05, 4.69) is 31.0 Å². The molecule has 0 radical (unpaired) electrons. The van der Waals surface area contributed by atoms with E-state index in [1.54, 1.807) is 67.1 Å². The second kappa shape index (κ2) is 36.8. The SMILES string of the molecule is CC(Br)c1oc2cccc(F)c2c(=O)c1-c1ccccc1.CC(N)c1oc2cccc(F)c2c(=O)c1-c1cccc(F)c1.CC(c1oc2cccc(F)c2c(=O)c1-c1ccc(F)cc1)n1nc(I)c2c(N)ncnc21.CC(c1oc2cccc(F)c2c(=O)c1-c1cccc(F)c1)N1C(=O)c2ccccc2C1=O.CCc1oc2cccc(F)c2c(=O)c1-c1ccccc1. The van der Waals surface area contributed by atoms with Crippen molar-refractivity contribution in [3.8, 4) is 55.6 Å². The van der Waals surface area contributed by atoms with E-state index in [-0.39, 0.29) is 121 Å². The maximum atomic E-state index is 14.5. The Bertz CT molecular complexity index is 7690. The third-order valence-electron chi connectivity index (χ3n) is 20.9. The van der Waals surface area contributed by atoms with Crippen molar-refractivity contribution < 1.29 is 66.8 Å². The van der Waals surface area contributed by atoms with Crippen molar-refractivity contribution in [2.75, 3.05) is 5.73 Å². The standard InChI is InChI=1S/C25H15F2NO4.C22H14F2IN5O2.C17H12BrFO2.C17H13F2NO2.C17H13FO2/c1-13(28-24(30)16-8-2-3-9-17(16)25(28)31)23-20(14-6-4-7-15(26)12-14)22(29)21-18(27)10-5-11-19(21)32-23;1-10(30-22-17(20(25)29-30)21(26)27-9-28-22)19-15(11-5-7-12(23)8-6-11)18(31)16-13(24)3-2-4-14(16)32-19;1-10(18)17-14(11-6-3-2-4-7-11)16(20)15-12(19)8-5-9-13(15)21-17;1-9(20)17-14(10-4-2-5-11(18)8-10)16(21)15-12(19)6-3-7-13(15)22-17;1-2-13-15(11-7-4-3-5-8-11)17(19)16-12(18)9-6-10-14(16)20-13/h2-13H,1H3;2-10H,1H3,(H2,26,27,28);2-10H,1H3;2-9H,20H2,1H3;3-10H,2H2,1H3. The molecular weight excluding hydrogens is 1830 g/mol. The summed E-state index contributed by atoms with van der Waals surface area (Å²) < 4.78 is 143. The average molecular weight is 1890 g/mol. The molecule has 0 aliphatic carbocycles. The fourth-order valence-corrected chi connectivity index (χ4v) is 16.1. The van der Waals surface area contributed by atoms with Crippen molar-refractivity contribution in [2.24, 2.45) is 5.73 Å². The summed E-state index contributed by atoms with van der Waals surface area (Å²) in [4.78, 5) is 100. The van der Waals surface area contributed by atoms with Gasteiger partial charge in [-0.2, -0.15) is 5.10 Å². The number of alkyl halides is 1. The van der Waals surface area contributed by atoms with Gasteiger partial charge in [0.25, 0.3) is 11.8 Å². The summed E-state index contributed by atoms with van der Waals surface area (Å²) in [5, 5.41) is 4.50. The van der Waals surface area contributed by atoms with E-state index in [0.29, 0.717) is 60.5 Å². The number of fused-ring (bicyclic) bond motifs is 7. The first-order valence-corrected chi connectivity index (χ1v) is 41.2. The van der Waals surface area contributed by atoms with Gasteiger partial charge < -0.3 is 33.6 Å². The molecule has 29 heteroatoms. The van der Waals surface area contributed by atoms with E-state index in [1.165, 1.54) is 141 Å². The van der Waals surface area contributed by atoms with Crippen molar-refractivity contribution in [1.82, 2.24) is 24.6 Å². The molecule has 2 amide bonds. The molecule has 4 atom stereocenters. The number of nitrogens with two attached hydrogens (primary N) is 2.